The Balaban J connectivity index is 1.11. The summed E-state index contributed by atoms with van der Waals surface area (Å²) in [5.74, 6) is 1.18. The van der Waals surface area contributed by atoms with E-state index >= 15 is 4.79 Å². The number of Topliss-reactive ketones (excluding diaryl/α,β-unsaturated/α-hetero) is 1. The number of azo groups is 2. The van der Waals surface area contributed by atoms with Crippen molar-refractivity contribution in [1.82, 2.24) is 19.8 Å². The van der Waals surface area contributed by atoms with E-state index in [2.05, 4.69) is 9.80 Å². The lowest BCUT2D eigenvalue weighted by molar-refractivity contribution is -0.121. The molecule has 2 aliphatic heterocycles. The molecule has 0 spiro atoms. The van der Waals surface area contributed by atoms with Gasteiger partial charge in [-0.3, -0.25) is 14.6 Å². The molecule has 15 heteroatoms. The molecule has 2 unspecified atom stereocenters. The number of carbonyl (C=O) groups excluding carboxylic acids is 1. The fourth-order valence-corrected chi connectivity index (χ4v) is 10.3. The molecule has 10 rings (SSSR count). The number of aromatic nitrogens is 2. The Kier molecular flexibility index (Phi) is 17.8. The normalized spacial score (nSPS) is 15.2. The lowest BCUT2D eigenvalue weighted by Gasteiger charge is -2.27. The van der Waals surface area contributed by atoms with E-state index in [4.69, 9.17) is 58.8 Å². The monoisotopic (exact) mass is 1050 g/mol. The van der Waals surface area contributed by atoms with E-state index in [0.717, 1.165) is 104 Å². The van der Waals surface area contributed by atoms with Crippen LogP contribution in [0.4, 0.5) is 11.4 Å². The molecule has 4 heterocycles. The van der Waals surface area contributed by atoms with Crippen molar-refractivity contribution in [2.75, 3.05) is 93.1 Å². The maximum Gasteiger partial charge on any atom is 0.151 e. The van der Waals surface area contributed by atoms with Crippen molar-refractivity contribution in [1.29, 1.82) is 0 Å². The van der Waals surface area contributed by atoms with Crippen LogP contribution in [0, 0.1) is 0 Å². The fourth-order valence-electron chi connectivity index (χ4n) is 10.3. The van der Waals surface area contributed by atoms with Crippen molar-refractivity contribution in [3.05, 3.63) is 168 Å². The molecule has 2 saturated heterocycles. The van der Waals surface area contributed by atoms with E-state index in [1.807, 2.05) is 159 Å². The quantitative estimate of drug-likeness (QED) is 0.0596. The number of nitrogens with zero attached hydrogens (tertiary/aromatic N) is 8. The summed E-state index contributed by atoms with van der Waals surface area (Å²) in [5, 5.41) is 21.3. The molecule has 2 aliphatic rings. The van der Waals surface area contributed by atoms with Crippen molar-refractivity contribution in [3.8, 4) is 45.5 Å². The molecule has 2 aromatic heterocycles. The predicted octanol–water partition coefficient (Wildman–Crippen LogP) is 12.6. The van der Waals surface area contributed by atoms with Crippen molar-refractivity contribution in [2.24, 2.45) is 20.5 Å². The number of hydrogen-bond donors (Lipinski definition) is 0. The van der Waals surface area contributed by atoms with Crippen molar-refractivity contribution >= 4 is 39.0 Å². The lowest BCUT2D eigenvalue weighted by Crippen LogP contribution is -2.35. The van der Waals surface area contributed by atoms with Gasteiger partial charge in [-0.15, -0.1) is 0 Å². The Labute approximate surface area is 455 Å². The van der Waals surface area contributed by atoms with Crippen molar-refractivity contribution in [3.63, 3.8) is 0 Å². The van der Waals surface area contributed by atoms with Crippen LogP contribution >= 0.6 is 0 Å². The zero-order chi connectivity index (χ0) is 53.6. The van der Waals surface area contributed by atoms with Gasteiger partial charge in [-0.1, -0.05) is 60.7 Å². The second-order valence-corrected chi connectivity index (χ2v) is 19.3. The molecule has 0 amide bonds. The number of pyridine rings is 2. The largest absolute Gasteiger partial charge is 0.496 e. The van der Waals surface area contributed by atoms with Gasteiger partial charge < -0.3 is 28.4 Å². The summed E-state index contributed by atoms with van der Waals surface area (Å²) in [6, 6.07) is 47.4. The van der Waals surface area contributed by atoms with Gasteiger partial charge in [0.1, 0.15) is 23.0 Å². The first-order valence-electron chi connectivity index (χ1n) is 26.9. The summed E-state index contributed by atoms with van der Waals surface area (Å²) in [7, 11) is 3.36. The average molecular weight is 1050 g/mol. The third-order valence-electron chi connectivity index (χ3n) is 14.2. The molecule has 0 N–H and O–H groups in total. The second-order valence-electron chi connectivity index (χ2n) is 19.3. The number of hydrogen-bond acceptors (Lipinski definition) is 15. The molecule has 0 bridgehead atoms. The summed E-state index contributed by atoms with van der Waals surface area (Å²) >= 11 is 0. The van der Waals surface area contributed by atoms with Crippen LogP contribution in [-0.2, 0) is 27.4 Å². The number of para-hydroxylation sites is 2. The van der Waals surface area contributed by atoms with Gasteiger partial charge in [0.25, 0.3) is 0 Å². The van der Waals surface area contributed by atoms with Gasteiger partial charge in [0.05, 0.1) is 113 Å². The molecule has 6 aromatic carbocycles. The van der Waals surface area contributed by atoms with E-state index in [1.165, 1.54) is 0 Å². The SMILES string of the molecule is CCOc1cccc(-c2cc(C(CN=Nc3ccc(OC)c(CN4CCOCC4)c3)C(=O)C(CN=Nc3ccc(OC)c(CN4CCOCC4)c3)c3cc(-c4cccc(OCC)c4)nc4ccccc34)c3ccccc3n2)c1. The van der Waals surface area contributed by atoms with Gasteiger partial charge in [-0.25, -0.2) is 9.97 Å². The maximum absolute atomic E-state index is 16.6. The van der Waals surface area contributed by atoms with Crippen LogP contribution in [0.25, 0.3) is 44.3 Å². The van der Waals surface area contributed by atoms with Crippen LogP contribution in [0.5, 0.6) is 23.0 Å². The number of morpholine rings is 2. The Bertz CT molecular complexity index is 3190. The highest BCUT2D eigenvalue weighted by atomic mass is 16.5. The summed E-state index contributed by atoms with van der Waals surface area (Å²) in [6.07, 6.45) is 0. The molecule has 0 radical (unpaired) electrons. The van der Waals surface area contributed by atoms with Gasteiger partial charge in [-0.05, 0) is 110 Å². The zero-order valence-corrected chi connectivity index (χ0v) is 44.8. The number of carbonyl (C=O) groups is 1. The van der Waals surface area contributed by atoms with Crippen molar-refractivity contribution < 1.29 is 33.2 Å². The standard InChI is InChI=1S/C63H66N8O7/c1-5-77-49-15-11-13-43(35-49)59-37-53(51-17-7-9-19-57(51)66-59)55(39-64-68-47-21-23-61(73-3)45(33-47)41-70-25-29-75-30-26-70)63(72)56(40-65-69-48-22-24-62(74-4)46(34-48)42-71-27-31-76-32-28-71)54-38-60(67-58-20-10-8-18-52(54)58)44-14-12-16-50(36-44)78-6-2/h7-24,33-38,55-56H,5-6,25-32,39-42H2,1-4H3. The molecule has 8 aromatic rings. The number of fused-ring (bicyclic) bond motifs is 2. The number of rotatable bonds is 22. The molecule has 78 heavy (non-hydrogen) atoms. The van der Waals surface area contributed by atoms with Gasteiger partial charge in [0, 0.05) is 72.3 Å². The summed E-state index contributed by atoms with van der Waals surface area (Å²) < 4.78 is 34.8. The zero-order valence-electron chi connectivity index (χ0n) is 44.8. The summed E-state index contributed by atoms with van der Waals surface area (Å²) in [6.45, 7) is 12.3. The van der Waals surface area contributed by atoms with Crippen molar-refractivity contribution in [2.45, 2.75) is 38.8 Å². The van der Waals surface area contributed by atoms with Crippen LogP contribution in [0.2, 0.25) is 0 Å². The van der Waals surface area contributed by atoms with Crippen LogP contribution in [0.1, 0.15) is 47.9 Å². The molecule has 0 aliphatic carbocycles. The number of ether oxygens (including phenoxy) is 6. The number of benzene rings is 6. The third kappa shape index (κ3) is 12.9. The van der Waals surface area contributed by atoms with E-state index < -0.39 is 11.8 Å². The Morgan fingerprint density at radius 3 is 1.40 bits per heavy atom. The molecule has 2 fully saturated rings. The third-order valence-corrected chi connectivity index (χ3v) is 14.2. The smallest absolute Gasteiger partial charge is 0.151 e. The minimum atomic E-state index is -0.848. The molecular weight excluding hydrogens is 981 g/mol. The number of ketones is 1. The van der Waals surface area contributed by atoms with E-state index in [1.54, 1.807) is 14.2 Å². The highest BCUT2D eigenvalue weighted by molar-refractivity contribution is 6.00. The lowest BCUT2D eigenvalue weighted by atomic mass is 9.81. The van der Waals surface area contributed by atoms with Crippen LogP contribution in [-0.4, -0.2) is 119 Å². The van der Waals surface area contributed by atoms with Gasteiger partial charge in [0.2, 0.25) is 0 Å². The van der Waals surface area contributed by atoms with Crippen LogP contribution < -0.4 is 18.9 Å². The minimum Gasteiger partial charge on any atom is -0.496 e. The highest BCUT2D eigenvalue weighted by Crippen LogP contribution is 2.39. The second kappa shape index (κ2) is 25.9. The topological polar surface area (TPSA) is 154 Å². The summed E-state index contributed by atoms with van der Waals surface area (Å²) in [4.78, 5) is 31.6. The molecule has 0 saturated carbocycles. The molecule has 400 valence electrons. The summed E-state index contributed by atoms with van der Waals surface area (Å²) in [5.41, 5.74) is 9.36. The first kappa shape index (κ1) is 53.4. The van der Waals surface area contributed by atoms with Gasteiger partial charge in [-0.2, -0.15) is 20.5 Å². The Hall–Kier alpha value is -7.95. The first-order valence-corrected chi connectivity index (χ1v) is 26.9. The van der Waals surface area contributed by atoms with E-state index in [9.17, 15) is 0 Å². The fraction of sp³-hybridized carbons (Fsp3) is 0.317. The molecular formula is C63H66N8O7. The van der Waals surface area contributed by atoms with Crippen LogP contribution in [0.15, 0.2) is 166 Å². The number of methoxy groups -OCH3 is 2. The average Bonchev–Trinajstić information content (AvgIpc) is 3.57. The maximum atomic E-state index is 16.6. The van der Waals surface area contributed by atoms with Gasteiger partial charge >= 0.3 is 0 Å². The minimum absolute atomic E-state index is 0.0133. The van der Waals surface area contributed by atoms with E-state index in [-0.39, 0.29) is 18.9 Å². The molecule has 15 nitrogen and oxygen atoms in total. The highest BCUT2D eigenvalue weighted by Gasteiger charge is 2.33. The Morgan fingerprint density at radius 2 is 0.974 bits per heavy atom. The van der Waals surface area contributed by atoms with E-state index in [0.29, 0.717) is 75.5 Å². The predicted molar refractivity (Wildman–Crippen MR) is 304 cm³/mol. The molecule has 2 atom stereocenters. The Morgan fingerprint density at radius 1 is 0.538 bits per heavy atom. The van der Waals surface area contributed by atoms with Gasteiger partial charge in [0.15, 0.2) is 5.78 Å². The van der Waals surface area contributed by atoms with Crippen LogP contribution in [0.3, 0.4) is 0 Å². The first-order chi connectivity index (χ1) is 38.4.